The van der Waals surface area contributed by atoms with E-state index >= 15 is 0 Å². The molecule has 1 aliphatic carbocycles. The summed E-state index contributed by atoms with van der Waals surface area (Å²) < 4.78 is 0. The van der Waals surface area contributed by atoms with Crippen molar-refractivity contribution >= 4 is 11.3 Å². The maximum absolute atomic E-state index is 9.86. The molecule has 2 nitrogen and oxygen atoms in total. The summed E-state index contributed by atoms with van der Waals surface area (Å²) in [4.78, 5) is 1.36. The van der Waals surface area contributed by atoms with Gasteiger partial charge in [-0.15, -0.1) is 11.3 Å². The molecule has 0 radical (unpaired) electrons. The van der Waals surface area contributed by atoms with Crippen LogP contribution in [0.5, 0.6) is 0 Å². The third-order valence-electron chi connectivity index (χ3n) is 4.69. The monoisotopic (exact) mass is 281 g/mol. The number of thiophene rings is 1. The summed E-state index contributed by atoms with van der Waals surface area (Å²) in [7, 11) is 0. The van der Waals surface area contributed by atoms with E-state index in [1.165, 1.54) is 24.1 Å². The summed E-state index contributed by atoms with van der Waals surface area (Å²) in [5, 5.41) is 15.6. The third-order valence-corrected chi connectivity index (χ3v) is 5.56. The Morgan fingerprint density at radius 3 is 2.89 bits per heavy atom. The fourth-order valence-electron chi connectivity index (χ4n) is 3.18. The van der Waals surface area contributed by atoms with Crippen molar-refractivity contribution in [3.8, 4) is 0 Å². The molecule has 2 rings (SSSR count). The van der Waals surface area contributed by atoms with Crippen LogP contribution in [0.15, 0.2) is 17.5 Å². The van der Waals surface area contributed by atoms with E-state index < -0.39 is 0 Å². The molecular formula is C16H27NOS. The number of hydrogen-bond acceptors (Lipinski definition) is 3. The number of nitrogens with one attached hydrogen (secondary N) is 1. The Kier molecular flexibility index (Phi) is 5.43. The smallest absolute Gasteiger partial charge is 0.0613 e. The highest BCUT2D eigenvalue weighted by molar-refractivity contribution is 7.09. The fourth-order valence-corrected chi connectivity index (χ4v) is 3.82. The van der Waals surface area contributed by atoms with Gasteiger partial charge in [0, 0.05) is 17.0 Å². The van der Waals surface area contributed by atoms with Crippen molar-refractivity contribution in [3.05, 3.63) is 22.4 Å². The van der Waals surface area contributed by atoms with E-state index in [-0.39, 0.29) is 12.1 Å². The normalized spacial score (nSPS) is 28.5. The van der Waals surface area contributed by atoms with Gasteiger partial charge in [0.05, 0.1) is 6.61 Å². The molecule has 1 aromatic rings. The van der Waals surface area contributed by atoms with Crippen LogP contribution in [0, 0.1) is 11.8 Å². The van der Waals surface area contributed by atoms with Gasteiger partial charge in [0.2, 0.25) is 0 Å². The Hall–Kier alpha value is -0.380. The quantitative estimate of drug-likeness (QED) is 0.805. The average Bonchev–Trinajstić information content (AvgIpc) is 2.82. The van der Waals surface area contributed by atoms with Crippen LogP contribution in [0.3, 0.4) is 0 Å². The van der Waals surface area contributed by atoms with Gasteiger partial charge in [-0.3, -0.25) is 0 Å². The van der Waals surface area contributed by atoms with Gasteiger partial charge in [-0.1, -0.05) is 32.8 Å². The highest BCUT2D eigenvalue weighted by Gasteiger charge is 2.32. The molecule has 0 bridgehead atoms. The second-order valence-corrected chi connectivity index (χ2v) is 7.34. The molecule has 2 atom stereocenters. The summed E-state index contributed by atoms with van der Waals surface area (Å²) in [6.45, 7) is 5.82. The van der Waals surface area contributed by atoms with E-state index in [2.05, 4.69) is 36.7 Å². The minimum atomic E-state index is -0.0480. The highest BCUT2D eigenvalue weighted by atomic mass is 32.1. The van der Waals surface area contributed by atoms with Crippen molar-refractivity contribution in [2.45, 2.75) is 58.0 Å². The lowest BCUT2D eigenvalue weighted by Crippen LogP contribution is -2.47. The Morgan fingerprint density at radius 2 is 2.26 bits per heavy atom. The van der Waals surface area contributed by atoms with E-state index in [1.807, 2.05) is 0 Å². The molecule has 0 spiro atoms. The van der Waals surface area contributed by atoms with E-state index in [0.717, 1.165) is 31.2 Å². The molecule has 108 valence electrons. The van der Waals surface area contributed by atoms with Gasteiger partial charge in [0.15, 0.2) is 0 Å². The maximum Gasteiger partial charge on any atom is 0.0613 e. The average molecular weight is 281 g/mol. The first-order chi connectivity index (χ1) is 9.15. The molecule has 2 unspecified atom stereocenters. The number of aliphatic hydroxyl groups is 1. The van der Waals surface area contributed by atoms with Crippen LogP contribution in [0.2, 0.25) is 0 Å². The summed E-state index contributed by atoms with van der Waals surface area (Å²) in [6.07, 6.45) is 6.02. The Morgan fingerprint density at radius 1 is 1.42 bits per heavy atom. The Balaban J connectivity index is 1.93. The highest BCUT2D eigenvalue weighted by Crippen LogP contribution is 2.34. The zero-order valence-electron chi connectivity index (χ0n) is 12.2. The lowest BCUT2D eigenvalue weighted by atomic mass is 9.87. The molecule has 1 fully saturated rings. The molecule has 1 saturated carbocycles. The van der Waals surface area contributed by atoms with Crippen LogP contribution in [0.25, 0.3) is 0 Å². The molecule has 0 aromatic carbocycles. The SMILES string of the molecule is CC(C)C1CCCC(CO)(NCc2cccs2)CC1. The summed E-state index contributed by atoms with van der Waals surface area (Å²) in [5.41, 5.74) is -0.0480. The van der Waals surface area contributed by atoms with Gasteiger partial charge in [-0.05, 0) is 42.5 Å². The standard InChI is InChI=1S/C16H27NOS/c1-13(2)14-5-3-8-16(12-18,9-7-14)17-11-15-6-4-10-19-15/h4,6,10,13-14,17-18H,3,5,7-9,11-12H2,1-2H3. The topological polar surface area (TPSA) is 32.3 Å². The van der Waals surface area contributed by atoms with Crippen LogP contribution in [-0.4, -0.2) is 17.3 Å². The summed E-state index contributed by atoms with van der Waals surface area (Å²) in [6, 6.07) is 4.26. The predicted molar refractivity (Wildman–Crippen MR) is 82.4 cm³/mol. The molecule has 1 heterocycles. The minimum Gasteiger partial charge on any atom is -0.394 e. The van der Waals surface area contributed by atoms with Crippen molar-refractivity contribution in [3.63, 3.8) is 0 Å². The zero-order chi connectivity index (χ0) is 13.7. The van der Waals surface area contributed by atoms with Gasteiger partial charge in [-0.2, -0.15) is 0 Å². The Labute approximate surface area is 121 Å². The first-order valence-electron chi connectivity index (χ1n) is 7.53. The minimum absolute atomic E-state index is 0.0480. The molecule has 0 amide bonds. The molecule has 19 heavy (non-hydrogen) atoms. The maximum atomic E-state index is 9.86. The second-order valence-electron chi connectivity index (χ2n) is 6.31. The van der Waals surface area contributed by atoms with Crippen molar-refractivity contribution in [1.82, 2.24) is 5.32 Å². The van der Waals surface area contributed by atoms with Crippen LogP contribution in [0.4, 0.5) is 0 Å². The van der Waals surface area contributed by atoms with Gasteiger partial charge in [-0.25, -0.2) is 0 Å². The number of rotatable bonds is 5. The molecule has 2 N–H and O–H groups in total. The first kappa shape index (κ1) is 15.0. The lowest BCUT2D eigenvalue weighted by molar-refractivity contribution is 0.140. The predicted octanol–water partition coefficient (Wildman–Crippen LogP) is 3.81. The van der Waals surface area contributed by atoms with Crippen molar-refractivity contribution < 1.29 is 5.11 Å². The van der Waals surface area contributed by atoms with E-state index in [1.54, 1.807) is 11.3 Å². The lowest BCUT2D eigenvalue weighted by Gasteiger charge is -2.32. The van der Waals surface area contributed by atoms with Gasteiger partial charge in [0.25, 0.3) is 0 Å². The first-order valence-corrected chi connectivity index (χ1v) is 8.41. The fraction of sp³-hybridized carbons (Fsp3) is 0.750. The van der Waals surface area contributed by atoms with Crippen LogP contribution < -0.4 is 5.32 Å². The van der Waals surface area contributed by atoms with Gasteiger partial charge in [0.1, 0.15) is 0 Å². The molecular weight excluding hydrogens is 254 g/mol. The summed E-state index contributed by atoms with van der Waals surface area (Å²) >= 11 is 1.79. The van der Waals surface area contributed by atoms with Crippen LogP contribution >= 0.6 is 11.3 Å². The molecule has 1 aromatic heterocycles. The van der Waals surface area contributed by atoms with Crippen LogP contribution in [-0.2, 0) is 6.54 Å². The van der Waals surface area contributed by atoms with Crippen molar-refractivity contribution in [1.29, 1.82) is 0 Å². The second kappa shape index (κ2) is 6.87. The van der Waals surface area contributed by atoms with E-state index in [4.69, 9.17) is 0 Å². The van der Waals surface area contributed by atoms with Crippen LogP contribution in [0.1, 0.15) is 50.8 Å². The molecule has 0 aliphatic heterocycles. The Bertz CT molecular complexity index is 363. The molecule has 0 saturated heterocycles. The molecule has 3 heteroatoms. The van der Waals surface area contributed by atoms with Gasteiger partial charge < -0.3 is 10.4 Å². The third kappa shape index (κ3) is 4.04. The van der Waals surface area contributed by atoms with E-state index in [0.29, 0.717) is 0 Å². The van der Waals surface area contributed by atoms with Crippen molar-refractivity contribution in [2.75, 3.05) is 6.61 Å². The van der Waals surface area contributed by atoms with E-state index in [9.17, 15) is 5.11 Å². The molecule has 1 aliphatic rings. The zero-order valence-corrected chi connectivity index (χ0v) is 13.0. The van der Waals surface area contributed by atoms with Crippen molar-refractivity contribution in [2.24, 2.45) is 11.8 Å². The number of hydrogen-bond donors (Lipinski definition) is 2. The largest absolute Gasteiger partial charge is 0.394 e. The van der Waals surface area contributed by atoms with Gasteiger partial charge >= 0.3 is 0 Å². The number of aliphatic hydroxyl groups excluding tert-OH is 1. The summed E-state index contributed by atoms with van der Waals surface area (Å²) in [5.74, 6) is 1.60.